The minimum atomic E-state index is -1.24. The zero-order valence-corrected chi connectivity index (χ0v) is 19.5. The number of aromatic nitrogens is 2. The third kappa shape index (κ3) is 4.16. The molecule has 0 bridgehead atoms. The molecular weight excluding hydrogens is 468 g/mol. The van der Waals surface area contributed by atoms with Crippen LogP contribution in [0.1, 0.15) is 10.6 Å². The van der Waals surface area contributed by atoms with Gasteiger partial charge in [0.05, 0.1) is 0 Å². The molecular formula is C20H20N6O5S2. The number of aliphatic carboxylic acids is 1. The zero-order chi connectivity index (χ0) is 23.7. The molecule has 1 fully saturated rings. The first-order valence-corrected chi connectivity index (χ1v) is 11.6. The number of thioether (sulfide) groups is 1. The Bertz CT molecular complexity index is 1160. The largest absolute Gasteiger partial charge is 0.477 e. The number of carboxylic acid groups (broad SMARTS) is 1. The molecule has 2 atom stereocenters. The maximum atomic E-state index is 12.9. The molecule has 1 unspecified atom stereocenters. The van der Waals surface area contributed by atoms with Gasteiger partial charge in [0.15, 0.2) is 5.71 Å². The Balaban J connectivity index is 1.57. The molecule has 0 aliphatic carbocycles. The maximum absolute atomic E-state index is 12.9. The molecule has 33 heavy (non-hydrogen) atoms. The highest BCUT2D eigenvalue weighted by Gasteiger charge is 2.55. The number of rotatable bonds is 7. The average Bonchev–Trinajstić information content (AvgIpc) is 3.30. The summed E-state index contributed by atoms with van der Waals surface area (Å²) in [6, 6.07) is 7.81. The van der Waals surface area contributed by atoms with Gasteiger partial charge in [0.2, 0.25) is 5.13 Å². The van der Waals surface area contributed by atoms with Crippen molar-refractivity contribution in [2.45, 2.75) is 11.4 Å². The number of amides is 2. The van der Waals surface area contributed by atoms with Crippen LogP contribution in [0.5, 0.6) is 0 Å². The summed E-state index contributed by atoms with van der Waals surface area (Å²) in [5.41, 5.74) is 0.839. The Kier molecular flexibility index (Phi) is 6.33. The number of carboxylic acids is 1. The fourth-order valence-electron chi connectivity index (χ4n) is 3.42. The number of β-lactam (4-membered cyclic amide) rings is 1. The number of oxime groups is 1. The normalized spacial score (nSPS) is 20.2. The number of anilines is 1. The third-order valence-corrected chi connectivity index (χ3v) is 7.39. The van der Waals surface area contributed by atoms with Crippen LogP contribution >= 0.6 is 23.1 Å². The predicted octanol–water partition coefficient (Wildman–Crippen LogP) is 0.850. The van der Waals surface area contributed by atoms with Crippen LogP contribution in [0.25, 0.3) is 5.57 Å². The van der Waals surface area contributed by atoms with E-state index in [1.54, 1.807) is 35.2 Å². The molecule has 2 aliphatic heterocycles. The molecule has 172 valence electrons. The number of hydrogen-bond donors (Lipinski definition) is 2. The monoisotopic (exact) mass is 488 g/mol. The van der Waals surface area contributed by atoms with Crippen LogP contribution < -0.4 is 10.2 Å². The Labute approximate surface area is 197 Å². The molecule has 1 saturated heterocycles. The van der Waals surface area contributed by atoms with Crippen LogP contribution in [-0.4, -0.2) is 82.1 Å². The van der Waals surface area contributed by atoms with Gasteiger partial charge in [-0.25, -0.2) is 4.79 Å². The molecule has 2 amide bonds. The predicted molar refractivity (Wildman–Crippen MR) is 124 cm³/mol. The van der Waals surface area contributed by atoms with Crippen molar-refractivity contribution >= 4 is 57.3 Å². The van der Waals surface area contributed by atoms with Gasteiger partial charge in [0.1, 0.15) is 29.2 Å². The topological polar surface area (TPSA) is 137 Å². The van der Waals surface area contributed by atoms with E-state index in [0.29, 0.717) is 27.0 Å². The van der Waals surface area contributed by atoms with Crippen molar-refractivity contribution in [2.75, 3.05) is 31.9 Å². The molecule has 0 saturated carbocycles. The van der Waals surface area contributed by atoms with Crippen molar-refractivity contribution in [3.8, 4) is 0 Å². The van der Waals surface area contributed by atoms with Gasteiger partial charge in [-0.2, -0.15) is 0 Å². The van der Waals surface area contributed by atoms with Gasteiger partial charge in [0, 0.05) is 31.0 Å². The van der Waals surface area contributed by atoms with E-state index < -0.39 is 29.2 Å². The summed E-state index contributed by atoms with van der Waals surface area (Å²) in [5, 5.41) is 25.0. The lowest BCUT2D eigenvalue weighted by Crippen LogP contribution is -2.71. The second-order valence-electron chi connectivity index (χ2n) is 7.27. The molecule has 1 aromatic carbocycles. The second kappa shape index (κ2) is 9.19. The summed E-state index contributed by atoms with van der Waals surface area (Å²) in [5.74, 6) is -2.03. The van der Waals surface area contributed by atoms with Crippen molar-refractivity contribution < 1.29 is 24.3 Å². The van der Waals surface area contributed by atoms with E-state index in [1.807, 2.05) is 14.1 Å². The molecule has 2 N–H and O–H groups in total. The molecule has 11 nitrogen and oxygen atoms in total. The first kappa shape index (κ1) is 22.7. The molecule has 1 aromatic heterocycles. The summed E-state index contributed by atoms with van der Waals surface area (Å²) < 4.78 is 0. The standard InChI is InChI=1S/C20H20N6O5S2/c1-25(2)20-23-22-16(33-20)11-9-32-18-13(17(28)26(18)14(11)19(29)30)21-15(27)12(24-31-3)10-7-5-4-6-8-10/h4-8,13,18H,9H2,1-3H3,(H,21,27)(H,29,30)/t13?,18-/m1/s1. The molecule has 4 rings (SSSR count). The van der Waals surface area contributed by atoms with Crippen LogP contribution in [0, 0.1) is 0 Å². The second-order valence-corrected chi connectivity index (χ2v) is 9.33. The fourth-order valence-corrected chi connectivity index (χ4v) is 5.67. The Morgan fingerprint density at radius 1 is 1.27 bits per heavy atom. The number of hydrogen-bond acceptors (Lipinski definition) is 10. The lowest BCUT2D eigenvalue weighted by Gasteiger charge is -2.49. The average molecular weight is 489 g/mol. The number of nitrogens with zero attached hydrogens (tertiary/aromatic N) is 5. The van der Waals surface area contributed by atoms with Crippen molar-refractivity contribution in [2.24, 2.45) is 5.16 Å². The van der Waals surface area contributed by atoms with E-state index in [4.69, 9.17) is 4.84 Å². The van der Waals surface area contributed by atoms with Crippen LogP contribution in [0.3, 0.4) is 0 Å². The van der Waals surface area contributed by atoms with Crippen molar-refractivity contribution in [3.63, 3.8) is 0 Å². The van der Waals surface area contributed by atoms with E-state index in [0.717, 1.165) is 0 Å². The first-order chi connectivity index (χ1) is 15.8. The summed E-state index contributed by atoms with van der Waals surface area (Å²) in [6.07, 6.45) is 0. The highest BCUT2D eigenvalue weighted by Crippen LogP contribution is 2.44. The van der Waals surface area contributed by atoms with Crippen molar-refractivity contribution in [1.82, 2.24) is 20.4 Å². The minimum Gasteiger partial charge on any atom is -0.477 e. The molecule has 0 spiro atoms. The Morgan fingerprint density at radius 2 is 2.00 bits per heavy atom. The van der Waals surface area contributed by atoms with Gasteiger partial charge in [-0.3, -0.25) is 14.5 Å². The van der Waals surface area contributed by atoms with Crippen LogP contribution in [0.4, 0.5) is 5.13 Å². The van der Waals surface area contributed by atoms with Crippen LogP contribution in [0.15, 0.2) is 41.2 Å². The van der Waals surface area contributed by atoms with E-state index in [1.165, 1.54) is 35.1 Å². The van der Waals surface area contributed by atoms with E-state index in [-0.39, 0.29) is 11.4 Å². The van der Waals surface area contributed by atoms with Gasteiger partial charge in [-0.1, -0.05) is 46.8 Å². The quantitative estimate of drug-likeness (QED) is 0.330. The van der Waals surface area contributed by atoms with Crippen molar-refractivity contribution in [3.05, 3.63) is 46.6 Å². The number of nitrogens with one attached hydrogen (secondary N) is 1. The smallest absolute Gasteiger partial charge is 0.353 e. The fraction of sp³-hybridized carbons (Fsp3) is 0.300. The summed E-state index contributed by atoms with van der Waals surface area (Å²) >= 11 is 2.60. The molecule has 3 heterocycles. The van der Waals surface area contributed by atoms with Gasteiger partial charge >= 0.3 is 5.97 Å². The third-order valence-electron chi connectivity index (χ3n) is 4.96. The highest BCUT2D eigenvalue weighted by molar-refractivity contribution is 8.00. The first-order valence-electron chi connectivity index (χ1n) is 9.73. The summed E-state index contributed by atoms with van der Waals surface area (Å²) in [4.78, 5) is 45.7. The number of benzene rings is 1. The lowest BCUT2D eigenvalue weighted by molar-refractivity contribution is -0.149. The van der Waals surface area contributed by atoms with Crippen LogP contribution in [-0.2, 0) is 19.2 Å². The zero-order valence-electron chi connectivity index (χ0n) is 17.9. The van der Waals surface area contributed by atoms with Gasteiger partial charge < -0.3 is 20.2 Å². The molecule has 13 heteroatoms. The Hall–Kier alpha value is -3.45. The lowest BCUT2D eigenvalue weighted by atomic mass is 10.0. The van der Waals surface area contributed by atoms with E-state index in [2.05, 4.69) is 20.7 Å². The van der Waals surface area contributed by atoms with E-state index in [9.17, 15) is 19.5 Å². The molecule has 0 radical (unpaired) electrons. The van der Waals surface area contributed by atoms with Crippen molar-refractivity contribution in [1.29, 1.82) is 0 Å². The Morgan fingerprint density at radius 3 is 2.61 bits per heavy atom. The highest BCUT2D eigenvalue weighted by atomic mass is 32.2. The SMILES string of the molecule is CON=C(C(=O)NC1C(=O)N2C(C(=O)O)=C(c3nnc(N(C)C)s3)CS[C@H]12)c1ccccc1. The van der Waals surface area contributed by atoms with Gasteiger partial charge in [-0.05, 0) is 0 Å². The van der Waals surface area contributed by atoms with Gasteiger partial charge in [-0.15, -0.1) is 22.0 Å². The minimum absolute atomic E-state index is 0.0184. The van der Waals surface area contributed by atoms with Crippen LogP contribution in [0.2, 0.25) is 0 Å². The number of carbonyl (C=O) groups excluding carboxylic acids is 2. The molecule has 2 aromatic rings. The van der Waals surface area contributed by atoms with Gasteiger partial charge in [0.25, 0.3) is 11.8 Å². The summed E-state index contributed by atoms with van der Waals surface area (Å²) in [6.45, 7) is 0. The number of fused-ring (bicyclic) bond motifs is 1. The number of carbonyl (C=O) groups is 3. The molecule has 2 aliphatic rings. The van der Waals surface area contributed by atoms with E-state index >= 15 is 0 Å². The summed E-state index contributed by atoms with van der Waals surface area (Å²) in [7, 11) is 4.95. The maximum Gasteiger partial charge on any atom is 0.353 e.